The van der Waals surface area contributed by atoms with E-state index in [2.05, 4.69) is 11.0 Å². The largest absolute Gasteiger partial charge is 0.481 e. The average molecular weight is 275 g/mol. The van der Waals surface area contributed by atoms with E-state index in [0.717, 1.165) is 36.9 Å². The Morgan fingerprint density at radius 1 is 1.25 bits per heavy atom. The number of aliphatic hydroxyl groups is 1. The second kappa shape index (κ2) is 5.44. The molecule has 1 fully saturated rings. The van der Waals surface area contributed by atoms with Crippen LogP contribution < -0.4 is 4.90 Å². The van der Waals surface area contributed by atoms with Gasteiger partial charge in [-0.1, -0.05) is 31.0 Å². The van der Waals surface area contributed by atoms with Crippen molar-refractivity contribution in [2.45, 2.75) is 50.2 Å². The Morgan fingerprint density at radius 3 is 2.75 bits per heavy atom. The first kappa shape index (κ1) is 13.4. The third-order valence-electron chi connectivity index (χ3n) is 4.62. The molecule has 3 rings (SSSR count). The number of hydrogen-bond acceptors (Lipinski definition) is 3. The number of para-hydroxylation sites is 1. The van der Waals surface area contributed by atoms with E-state index in [9.17, 15) is 9.90 Å². The summed E-state index contributed by atoms with van der Waals surface area (Å²) in [7, 11) is 0. The molecule has 1 aromatic rings. The molecule has 0 bridgehead atoms. The minimum absolute atomic E-state index is 0.0397. The second-order valence-corrected chi connectivity index (χ2v) is 5.93. The summed E-state index contributed by atoms with van der Waals surface area (Å²) >= 11 is 0. The van der Waals surface area contributed by atoms with E-state index in [0.29, 0.717) is 6.54 Å². The van der Waals surface area contributed by atoms with Gasteiger partial charge in [0.1, 0.15) is 0 Å². The smallest absolute Gasteiger partial charge is 0.304 e. The van der Waals surface area contributed by atoms with Crippen molar-refractivity contribution in [2.24, 2.45) is 0 Å². The molecule has 0 amide bonds. The van der Waals surface area contributed by atoms with E-state index in [1.54, 1.807) is 0 Å². The predicted octanol–water partition coefficient (Wildman–Crippen LogP) is 2.37. The van der Waals surface area contributed by atoms with Crippen molar-refractivity contribution in [1.82, 2.24) is 0 Å². The van der Waals surface area contributed by atoms with Crippen molar-refractivity contribution >= 4 is 11.7 Å². The van der Waals surface area contributed by atoms with E-state index in [1.807, 2.05) is 18.2 Å². The van der Waals surface area contributed by atoms with Crippen LogP contribution in [0.4, 0.5) is 5.69 Å². The zero-order valence-corrected chi connectivity index (χ0v) is 11.5. The van der Waals surface area contributed by atoms with Gasteiger partial charge in [-0.15, -0.1) is 0 Å². The summed E-state index contributed by atoms with van der Waals surface area (Å²) in [4.78, 5) is 13.3. The zero-order valence-electron chi connectivity index (χ0n) is 11.5. The number of rotatable bonds is 3. The molecular formula is C16H21NO3. The van der Waals surface area contributed by atoms with Crippen LogP contribution in [0.15, 0.2) is 24.3 Å². The Balaban J connectivity index is 1.88. The van der Waals surface area contributed by atoms with Gasteiger partial charge in [0.2, 0.25) is 0 Å². The molecule has 0 saturated heterocycles. The number of fused-ring (bicyclic) bond motifs is 1. The highest BCUT2D eigenvalue weighted by molar-refractivity contribution is 5.71. The Labute approximate surface area is 119 Å². The molecule has 4 heteroatoms. The fourth-order valence-corrected chi connectivity index (χ4v) is 3.68. The van der Waals surface area contributed by atoms with Crippen LogP contribution in [0, 0.1) is 0 Å². The number of aliphatic hydroxyl groups excluding tert-OH is 1. The van der Waals surface area contributed by atoms with Gasteiger partial charge >= 0.3 is 5.97 Å². The van der Waals surface area contributed by atoms with Crippen LogP contribution in [0.25, 0.3) is 0 Å². The van der Waals surface area contributed by atoms with Gasteiger partial charge in [0.25, 0.3) is 0 Å². The predicted molar refractivity (Wildman–Crippen MR) is 77.0 cm³/mol. The van der Waals surface area contributed by atoms with Crippen LogP contribution in [-0.4, -0.2) is 34.9 Å². The van der Waals surface area contributed by atoms with Crippen LogP contribution in [0.5, 0.6) is 0 Å². The van der Waals surface area contributed by atoms with Crippen molar-refractivity contribution in [1.29, 1.82) is 0 Å². The summed E-state index contributed by atoms with van der Waals surface area (Å²) in [6, 6.07) is 8.18. The SMILES string of the molecule is O=C(O)CC1CN(C2CCCCC2O)c2ccccc21. The van der Waals surface area contributed by atoms with Crippen LogP contribution in [0.1, 0.15) is 43.6 Å². The molecule has 20 heavy (non-hydrogen) atoms. The summed E-state index contributed by atoms with van der Waals surface area (Å²) in [5, 5.41) is 19.3. The molecule has 3 unspecified atom stereocenters. The quantitative estimate of drug-likeness (QED) is 0.889. The van der Waals surface area contributed by atoms with Crippen LogP contribution in [0.2, 0.25) is 0 Å². The summed E-state index contributed by atoms with van der Waals surface area (Å²) < 4.78 is 0. The summed E-state index contributed by atoms with van der Waals surface area (Å²) in [6.45, 7) is 0.716. The summed E-state index contributed by atoms with van der Waals surface area (Å²) in [6.07, 6.45) is 3.95. The number of aliphatic carboxylic acids is 1. The molecule has 0 aromatic heterocycles. The number of benzene rings is 1. The lowest BCUT2D eigenvalue weighted by molar-refractivity contribution is -0.137. The number of carboxylic acid groups (broad SMARTS) is 1. The van der Waals surface area contributed by atoms with Crippen molar-refractivity contribution in [3.8, 4) is 0 Å². The highest BCUT2D eigenvalue weighted by Gasteiger charge is 2.37. The van der Waals surface area contributed by atoms with E-state index in [-0.39, 0.29) is 24.5 Å². The monoisotopic (exact) mass is 275 g/mol. The van der Waals surface area contributed by atoms with Crippen molar-refractivity contribution in [3.63, 3.8) is 0 Å². The van der Waals surface area contributed by atoms with Crippen molar-refractivity contribution < 1.29 is 15.0 Å². The van der Waals surface area contributed by atoms with E-state index in [4.69, 9.17) is 5.11 Å². The first-order valence-corrected chi connectivity index (χ1v) is 7.42. The fraction of sp³-hybridized carbons (Fsp3) is 0.562. The van der Waals surface area contributed by atoms with Gasteiger partial charge < -0.3 is 15.1 Å². The molecule has 1 aliphatic carbocycles. The van der Waals surface area contributed by atoms with Crippen LogP contribution in [0.3, 0.4) is 0 Å². The summed E-state index contributed by atoms with van der Waals surface area (Å²) in [5.41, 5.74) is 2.23. The fourth-order valence-electron chi connectivity index (χ4n) is 3.68. The van der Waals surface area contributed by atoms with Gasteiger partial charge in [0.05, 0.1) is 18.6 Å². The molecule has 3 atom stereocenters. The van der Waals surface area contributed by atoms with Gasteiger partial charge in [0.15, 0.2) is 0 Å². The molecule has 2 N–H and O–H groups in total. The minimum atomic E-state index is -0.754. The molecule has 0 radical (unpaired) electrons. The lowest BCUT2D eigenvalue weighted by atomic mass is 9.91. The maximum absolute atomic E-state index is 11.0. The molecule has 1 aliphatic heterocycles. The van der Waals surface area contributed by atoms with E-state index >= 15 is 0 Å². The van der Waals surface area contributed by atoms with Gasteiger partial charge in [-0.3, -0.25) is 4.79 Å². The van der Waals surface area contributed by atoms with Crippen LogP contribution >= 0.6 is 0 Å². The third kappa shape index (κ3) is 2.40. The van der Waals surface area contributed by atoms with Crippen molar-refractivity contribution in [3.05, 3.63) is 29.8 Å². The molecule has 1 saturated carbocycles. The second-order valence-electron chi connectivity index (χ2n) is 5.93. The van der Waals surface area contributed by atoms with Gasteiger partial charge in [0, 0.05) is 18.2 Å². The number of carbonyl (C=O) groups is 1. The third-order valence-corrected chi connectivity index (χ3v) is 4.62. The molecular weight excluding hydrogens is 254 g/mol. The van der Waals surface area contributed by atoms with E-state index in [1.165, 1.54) is 0 Å². The highest BCUT2D eigenvalue weighted by Crippen LogP contribution is 2.41. The molecule has 0 spiro atoms. The Kier molecular flexibility index (Phi) is 3.66. The first-order chi connectivity index (χ1) is 9.66. The van der Waals surface area contributed by atoms with E-state index < -0.39 is 5.97 Å². The lowest BCUT2D eigenvalue weighted by Crippen LogP contribution is -2.45. The molecule has 108 valence electrons. The Morgan fingerprint density at radius 2 is 2.00 bits per heavy atom. The number of carboxylic acids is 1. The maximum atomic E-state index is 11.0. The number of hydrogen-bond donors (Lipinski definition) is 2. The van der Waals surface area contributed by atoms with Gasteiger partial charge in [-0.25, -0.2) is 0 Å². The minimum Gasteiger partial charge on any atom is -0.481 e. The number of nitrogens with zero attached hydrogens (tertiary/aromatic N) is 1. The standard InChI is InChI=1S/C16H21NO3/c18-15-8-4-3-7-14(15)17-10-11(9-16(19)20)12-5-1-2-6-13(12)17/h1-2,5-6,11,14-15,18H,3-4,7-10H2,(H,19,20). The molecule has 2 aliphatic rings. The van der Waals surface area contributed by atoms with Crippen LogP contribution in [-0.2, 0) is 4.79 Å². The first-order valence-electron chi connectivity index (χ1n) is 7.42. The normalized spacial score (nSPS) is 29.2. The van der Waals surface area contributed by atoms with Crippen molar-refractivity contribution in [2.75, 3.05) is 11.4 Å². The Hall–Kier alpha value is -1.55. The average Bonchev–Trinajstić information content (AvgIpc) is 2.78. The maximum Gasteiger partial charge on any atom is 0.304 e. The molecule has 1 heterocycles. The molecule has 4 nitrogen and oxygen atoms in total. The Bertz CT molecular complexity index is 502. The number of anilines is 1. The topological polar surface area (TPSA) is 60.8 Å². The van der Waals surface area contributed by atoms with Gasteiger partial charge in [-0.05, 0) is 24.5 Å². The van der Waals surface area contributed by atoms with Gasteiger partial charge in [-0.2, -0.15) is 0 Å². The summed E-state index contributed by atoms with van der Waals surface area (Å²) in [5.74, 6) is -0.714. The zero-order chi connectivity index (χ0) is 14.1. The lowest BCUT2D eigenvalue weighted by Gasteiger charge is -2.37. The molecule has 1 aromatic carbocycles. The highest BCUT2D eigenvalue weighted by atomic mass is 16.4.